The van der Waals surface area contributed by atoms with Gasteiger partial charge in [-0.25, -0.2) is 0 Å². The summed E-state index contributed by atoms with van der Waals surface area (Å²) >= 11 is 12.9. The van der Waals surface area contributed by atoms with Gasteiger partial charge in [-0.2, -0.15) is 0 Å². The molecule has 0 spiro atoms. The van der Waals surface area contributed by atoms with Crippen molar-refractivity contribution in [2.45, 2.75) is 37.6 Å². The van der Waals surface area contributed by atoms with Crippen molar-refractivity contribution in [3.8, 4) is 0 Å². The molecule has 0 radical (unpaired) electrons. The minimum atomic E-state index is 0.0176. The smallest absolute Gasteiger partial charge is 0.255 e. The maximum absolute atomic E-state index is 13.3. The Morgan fingerprint density at radius 2 is 1.76 bits per heavy atom. The number of anilines is 1. The van der Waals surface area contributed by atoms with Crippen LogP contribution >= 0.6 is 23.2 Å². The first-order chi connectivity index (χ1) is 14.1. The van der Waals surface area contributed by atoms with Crippen molar-refractivity contribution in [3.63, 3.8) is 0 Å². The van der Waals surface area contributed by atoms with Crippen LogP contribution in [0.1, 0.15) is 59.1 Å². The second kappa shape index (κ2) is 7.70. The summed E-state index contributed by atoms with van der Waals surface area (Å²) in [5.41, 5.74) is 3.94. The van der Waals surface area contributed by atoms with Gasteiger partial charge in [-0.1, -0.05) is 59.6 Å². The summed E-state index contributed by atoms with van der Waals surface area (Å²) in [6, 6.07) is 12.0. The zero-order chi connectivity index (χ0) is 20.0. The van der Waals surface area contributed by atoms with Gasteiger partial charge in [0, 0.05) is 19.0 Å². The SMILES string of the molecule is O=C(c1cccc2c1NC(c1cccc(Cl)c1Cl)C1CC=CC21)N1CCCCC1. The van der Waals surface area contributed by atoms with Gasteiger partial charge in [0.15, 0.2) is 0 Å². The Hall–Kier alpha value is -1.97. The van der Waals surface area contributed by atoms with Gasteiger partial charge in [0.05, 0.1) is 27.3 Å². The number of fused-ring (bicyclic) bond motifs is 3. The zero-order valence-electron chi connectivity index (χ0n) is 16.2. The van der Waals surface area contributed by atoms with E-state index >= 15 is 0 Å². The Morgan fingerprint density at radius 3 is 2.59 bits per heavy atom. The Kier molecular flexibility index (Phi) is 5.05. The Labute approximate surface area is 181 Å². The number of piperidine rings is 1. The van der Waals surface area contributed by atoms with Gasteiger partial charge >= 0.3 is 0 Å². The zero-order valence-corrected chi connectivity index (χ0v) is 17.7. The van der Waals surface area contributed by atoms with Crippen molar-refractivity contribution in [3.05, 3.63) is 75.3 Å². The number of nitrogens with zero attached hydrogens (tertiary/aromatic N) is 1. The molecular weight excluding hydrogens is 403 g/mol. The number of halogens is 2. The molecule has 1 N–H and O–H groups in total. The minimum Gasteiger partial charge on any atom is -0.377 e. The standard InChI is InChI=1S/C24H24Cl2N2O/c25-20-12-6-10-18(21(20)26)22-16-8-4-7-15(16)17-9-5-11-19(23(17)27-22)24(29)28-13-2-1-3-14-28/h4-7,9-12,15-16,22,27H,1-3,8,13-14H2. The molecule has 2 aromatic rings. The number of hydrogen-bond acceptors (Lipinski definition) is 2. The molecule has 0 saturated carbocycles. The van der Waals surface area contributed by atoms with Crippen LogP contribution in [0.4, 0.5) is 5.69 Å². The highest BCUT2D eigenvalue weighted by molar-refractivity contribution is 6.42. The van der Waals surface area contributed by atoms with Crippen LogP contribution in [0.5, 0.6) is 0 Å². The highest BCUT2D eigenvalue weighted by atomic mass is 35.5. The van der Waals surface area contributed by atoms with Crippen molar-refractivity contribution in [1.82, 2.24) is 4.90 Å². The van der Waals surface area contributed by atoms with Gasteiger partial charge in [0.2, 0.25) is 0 Å². The molecule has 150 valence electrons. The minimum absolute atomic E-state index is 0.0176. The van der Waals surface area contributed by atoms with Gasteiger partial charge < -0.3 is 10.2 Å². The summed E-state index contributed by atoms with van der Waals surface area (Å²) < 4.78 is 0. The van der Waals surface area contributed by atoms with Crippen LogP contribution < -0.4 is 5.32 Å². The van der Waals surface area contributed by atoms with Gasteiger partial charge in [-0.3, -0.25) is 4.79 Å². The number of amides is 1. The molecule has 5 rings (SSSR count). The molecule has 0 aromatic heterocycles. The lowest BCUT2D eigenvalue weighted by Crippen LogP contribution is -2.37. The Morgan fingerprint density at radius 1 is 1.00 bits per heavy atom. The third-order valence-electron chi connectivity index (χ3n) is 6.59. The van der Waals surface area contributed by atoms with Gasteiger partial charge in [0.25, 0.3) is 5.91 Å². The molecule has 3 nitrogen and oxygen atoms in total. The number of carbonyl (C=O) groups excluding carboxylic acids is 1. The average molecular weight is 427 g/mol. The normalized spacial score (nSPS) is 25.3. The third kappa shape index (κ3) is 3.25. The molecule has 29 heavy (non-hydrogen) atoms. The summed E-state index contributed by atoms with van der Waals surface area (Å²) in [7, 11) is 0. The molecule has 1 amide bonds. The summed E-state index contributed by atoms with van der Waals surface area (Å²) in [4.78, 5) is 15.3. The van der Waals surface area contributed by atoms with Crippen LogP contribution in [-0.4, -0.2) is 23.9 Å². The highest BCUT2D eigenvalue weighted by Crippen LogP contribution is 2.52. The molecule has 3 aliphatic rings. The second-order valence-corrected chi connectivity index (χ2v) is 9.03. The van der Waals surface area contributed by atoms with E-state index in [9.17, 15) is 4.79 Å². The van der Waals surface area contributed by atoms with E-state index in [1.807, 2.05) is 35.2 Å². The molecule has 2 aliphatic heterocycles. The van der Waals surface area contributed by atoms with Gasteiger partial charge in [-0.15, -0.1) is 0 Å². The summed E-state index contributed by atoms with van der Waals surface area (Å²) in [5, 5.41) is 4.88. The van der Waals surface area contributed by atoms with Crippen molar-refractivity contribution in [2.24, 2.45) is 5.92 Å². The fourth-order valence-electron chi connectivity index (χ4n) is 5.14. The number of carbonyl (C=O) groups is 1. The number of nitrogens with one attached hydrogen (secondary N) is 1. The van der Waals surface area contributed by atoms with Gasteiger partial charge in [-0.05, 0) is 54.9 Å². The summed E-state index contributed by atoms with van der Waals surface area (Å²) in [6.07, 6.45) is 8.89. The van der Waals surface area contributed by atoms with Crippen LogP contribution in [0.25, 0.3) is 0 Å². The van der Waals surface area contributed by atoms with Crippen LogP contribution in [0.2, 0.25) is 10.0 Å². The molecule has 3 atom stereocenters. The fraction of sp³-hybridized carbons (Fsp3) is 0.375. The lowest BCUT2D eigenvalue weighted by molar-refractivity contribution is 0.0725. The number of para-hydroxylation sites is 1. The largest absolute Gasteiger partial charge is 0.377 e. The lowest BCUT2D eigenvalue weighted by Gasteiger charge is -2.39. The van der Waals surface area contributed by atoms with Gasteiger partial charge in [0.1, 0.15) is 0 Å². The summed E-state index contributed by atoms with van der Waals surface area (Å²) in [6.45, 7) is 1.69. The topological polar surface area (TPSA) is 32.3 Å². The van der Waals surface area contributed by atoms with E-state index in [2.05, 4.69) is 23.5 Å². The molecular formula is C24H24Cl2N2O. The first-order valence-corrected chi connectivity index (χ1v) is 11.2. The van der Waals surface area contributed by atoms with E-state index in [4.69, 9.17) is 23.2 Å². The molecule has 1 saturated heterocycles. The Balaban J connectivity index is 1.58. The maximum atomic E-state index is 13.3. The van der Waals surface area contributed by atoms with E-state index in [1.54, 1.807) is 0 Å². The molecule has 1 aliphatic carbocycles. The van der Waals surface area contributed by atoms with Crippen molar-refractivity contribution in [1.29, 1.82) is 0 Å². The molecule has 2 heterocycles. The van der Waals surface area contributed by atoms with Crippen LogP contribution in [0, 0.1) is 5.92 Å². The number of hydrogen-bond donors (Lipinski definition) is 1. The van der Waals surface area contributed by atoms with E-state index in [0.717, 1.165) is 49.2 Å². The highest BCUT2D eigenvalue weighted by Gasteiger charge is 2.40. The van der Waals surface area contributed by atoms with Crippen molar-refractivity contribution >= 4 is 34.8 Å². The monoisotopic (exact) mass is 426 g/mol. The molecule has 5 heteroatoms. The molecule has 0 bridgehead atoms. The Bertz CT molecular complexity index is 981. The number of benzene rings is 2. The molecule has 3 unspecified atom stereocenters. The maximum Gasteiger partial charge on any atom is 0.255 e. The predicted molar refractivity (Wildman–Crippen MR) is 119 cm³/mol. The number of allylic oxidation sites excluding steroid dienone is 2. The third-order valence-corrected chi connectivity index (χ3v) is 7.42. The van der Waals surface area contributed by atoms with Crippen LogP contribution in [0.3, 0.4) is 0 Å². The molecule has 2 aromatic carbocycles. The van der Waals surface area contributed by atoms with E-state index in [1.165, 1.54) is 12.0 Å². The van der Waals surface area contributed by atoms with Crippen LogP contribution in [-0.2, 0) is 0 Å². The number of rotatable bonds is 2. The van der Waals surface area contributed by atoms with Crippen molar-refractivity contribution in [2.75, 3.05) is 18.4 Å². The van der Waals surface area contributed by atoms with Crippen LogP contribution in [0.15, 0.2) is 48.6 Å². The quantitative estimate of drug-likeness (QED) is 0.559. The fourth-order valence-corrected chi connectivity index (χ4v) is 5.56. The number of likely N-dealkylation sites (tertiary alicyclic amines) is 1. The van der Waals surface area contributed by atoms with E-state index in [-0.39, 0.29) is 17.9 Å². The average Bonchev–Trinajstić information content (AvgIpc) is 3.25. The second-order valence-electron chi connectivity index (χ2n) is 8.24. The summed E-state index contributed by atoms with van der Waals surface area (Å²) in [5.74, 6) is 0.768. The van der Waals surface area contributed by atoms with Crippen molar-refractivity contribution < 1.29 is 4.79 Å². The predicted octanol–water partition coefficient (Wildman–Crippen LogP) is 6.45. The molecule has 1 fully saturated rings. The first kappa shape index (κ1) is 19.0. The van der Waals surface area contributed by atoms with E-state index in [0.29, 0.717) is 16.0 Å². The lowest BCUT2D eigenvalue weighted by atomic mass is 9.76. The van der Waals surface area contributed by atoms with E-state index < -0.39 is 0 Å². The first-order valence-electron chi connectivity index (χ1n) is 10.4.